The first-order valence-electron chi connectivity index (χ1n) is 10.3. The topological polar surface area (TPSA) is 73.0 Å². The van der Waals surface area contributed by atoms with Gasteiger partial charge in [-0.3, -0.25) is 14.4 Å². The van der Waals surface area contributed by atoms with Crippen LogP contribution in [0.25, 0.3) is 5.57 Å². The van der Waals surface area contributed by atoms with E-state index < -0.39 is 0 Å². The first-order valence-corrected chi connectivity index (χ1v) is 11.2. The van der Waals surface area contributed by atoms with Crippen LogP contribution in [-0.2, 0) is 14.4 Å². The van der Waals surface area contributed by atoms with E-state index in [1.165, 1.54) is 23.2 Å². The summed E-state index contributed by atoms with van der Waals surface area (Å²) >= 11 is 1.46. The lowest BCUT2D eigenvalue weighted by Crippen LogP contribution is -2.43. The summed E-state index contributed by atoms with van der Waals surface area (Å²) in [5, 5.41) is 4.62. The highest BCUT2D eigenvalue weighted by atomic mass is 32.1. The largest absolute Gasteiger partial charge is 0.366 e. The van der Waals surface area contributed by atoms with Gasteiger partial charge in [0.25, 0.3) is 11.8 Å². The molecule has 0 radical (unpaired) electrons. The number of benzene rings is 1. The van der Waals surface area contributed by atoms with E-state index in [0.29, 0.717) is 22.6 Å². The van der Waals surface area contributed by atoms with Gasteiger partial charge in [0.1, 0.15) is 5.70 Å². The number of carbonyl (C=O) groups excluding carboxylic acids is 3. The van der Waals surface area contributed by atoms with Crippen molar-refractivity contribution in [3.63, 3.8) is 0 Å². The van der Waals surface area contributed by atoms with Crippen LogP contribution in [0.4, 0.5) is 11.4 Å². The Bertz CT molecular complexity index is 1020. The summed E-state index contributed by atoms with van der Waals surface area (Å²) < 4.78 is 0. The highest BCUT2D eigenvalue weighted by Crippen LogP contribution is 2.37. The molecule has 2 aliphatic rings. The van der Waals surface area contributed by atoms with Crippen molar-refractivity contribution in [3.05, 3.63) is 52.4 Å². The molecule has 0 saturated carbocycles. The molecule has 2 aromatic rings. The van der Waals surface area contributed by atoms with Crippen molar-refractivity contribution in [2.24, 2.45) is 0 Å². The zero-order valence-electron chi connectivity index (χ0n) is 17.9. The molecule has 2 aliphatic heterocycles. The minimum Gasteiger partial charge on any atom is -0.366 e. The predicted octanol–water partition coefficient (Wildman–Crippen LogP) is 3.02. The van der Waals surface area contributed by atoms with Crippen LogP contribution in [0, 0.1) is 0 Å². The van der Waals surface area contributed by atoms with E-state index in [9.17, 15) is 14.4 Å². The number of carbonyl (C=O) groups is 3. The second kappa shape index (κ2) is 8.64. The minimum absolute atomic E-state index is 0.176. The molecular weight excluding hydrogens is 412 g/mol. The van der Waals surface area contributed by atoms with Crippen LogP contribution in [0.3, 0.4) is 0 Å². The Balaban J connectivity index is 1.68. The second-order valence-electron chi connectivity index (χ2n) is 8.02. The summed E-state index contributed by atoms with van der Waals surface area (Å²) in [5.74, 6) is -0.790. The third-order valence-electron chi connectivity index (χ3n) is 5.86. The number of likely N-dealkylation sites (tertiary alicyclic amines) is 1. The van der Waals surface area contributed by atoms with Crippen molar-refractivity contribution in [1.29, 1.82) is 0 Å². The second-order valence-corrected chi connectivity index (χ2v) is 8.97. The van der Waals surface area contributed by atoms with Gasteiger partial charge < -0.3 is 15.1 Å². The van der Waals surface area contributed by atoms with E-state index in [-0.39, 0.29) is 23.8 Å². The average molecular weight is 439 g/mol. The van der Waals surface area contributed by atoms with Crippen LogP contribution in [0.2, 0.25) is 0 Å². The maximum Gasteiger partial charge on any atom is 0.282 e. The normalized spacial score (nSPS) is 18.1. The van der Waals surface area contributed by atoms with Gasteiger partial charge in [-0.05, 0) is 68.7 Å². The Morgan fingerprint density at radius 1 is 1.10 bits per heavy atom. The molecule has 0 bridgehead atoms. The number of likely N-dealkylation sites (N-methyl/N-ethyl adjacent to an activating group) is 1. The van der Waals surface area contributed by atoms with Crippen molar-refractivity contribution < 1.29 is 14.4 Å². The van der Waals surface area contributed by atoms with Gasteiger partial charge in [0.05, 0.1) is 11.3 Å². The van der Waals surface area contributed by atoms with Gasteiger partial charge in [-0.25, -0.2) is 4.90 Å². The lowest BCUT2D eigenvalue weighted by molar-refractivity contribution is -0.121. The minimum atomic E-state index is -0.311. The van der Waals surface area contributed by atoms with Crippen molar-refractivity contribution >= 4 is 46.0 Å². The molecule has 1 aromatic carbocycles. The number of hydrogen-bond acceptors (Lipinski definition) is 6. The van der Waals surface area contributed by atoms with Crippen molar-refractivity contribution in [1.82, 2.24) is 9.80 Å². The molecule has 1 aromatic heterocycles. The Kier molecular flexibility index (Phi) is 5.93. The third kappa shape index (κ3) is 4.13. The molecule has 162 valence electrons. The Hall–Kier alpha value is -2.97. The van der Waals surface area contributed by atoms with Crippen molar-refractivity contribution in [2.75, 3.05) is 37.4 Å². The van der Waals surface area contributed by atoms with E-state index in [2.05, 4.69) is 17.3 Å². The first kappa shape index (κ1) is 21.3. The molecule has 1 fully saturated rings. The molecule has 0 aliphatic carbocycles. The maximum atomic E-state index is 13.6. The summed E-state index contributed by atoms with van der Waals surface area (Å²) in [5.41, 5.74) is 2.04. The Morgan fingerprint density at radius 2 is 1.77 bits per heavy atom. The molecule has 3 heterocycles. The number of hydrogen-bond donors (Lipinski definition) is 1. The highest BCUT2D eigenvalue weighted by Gasteiger charge is 2.43. The van der Waals surface area contributed by atoms with E-state index in [1.807, 2.05) is 29.5 Å². The average Bonchev–Trinajstić information content (AvgIpc) is 3.34. The van der Waals surface area contributed by atoms with Gasteiger partial charge in [-0.2, -0.15) is 0 Å². The van der Waals surface area contributed by atoms with E-state index in [0.717, 1.165) is 30.8 Å². The Labute approximate surface area is 185 Å². The number of rotatable bonds is 5. The molecule has 3 amide bonds. The zero-order chi connectivity index (χ0) is 22.1. The van der Waals surface area contributed by atoms with Crippen LogP contribution < -0.4 is 10.2 Å². The van der Waals surface area contributed by atoms with Crippen LogP contribution >= 0.6 is 11.3 Å². The van der Waals surface area contributed by atoms with Gasteiger partial charge in [-0.1, -0.05) is 6.07 Å². The van der Waals surface area contributed by atoms with E-state index in [4.69, 9.17) is 0 Å². The molecule has 0 unspecified atom stereocenters. The van der Waals surface area contributed by atoms with Gasteiger partial charge in [0.15, 0.2) is 0 Å². The molecule has 31 heavy (non-hydrogen) atoms. The fourth-order valence-electron chi connectivity index (χ4n) is 4.18. The molecule has 7 nitrogen and oxygen atoms in total. The van der Waals surface area contributed by atoms with Crippen LogP contribution in [0.15, 0.2) is 47.5 Å². The summed E-state index contributed by atoms with van der Waals surface area (Å²) in [6.07, 6.45) is 1.89. The van der Waals surface area contributed by atoms with E-state index >= 15 is 0 Å². The molecule has 1 saturated heterocycles. The molecule has 0 spiro atoms. The summed E-state index contributed by atoms with van der Waals surface area (Å²) in [6.45, 7) is 3.37. The molecule has 8 heteroatoms. The smallest absolute Gasteiger partial charge is 0.282 e. The van der Waals surface area contributed by atoms with Gasteiger partial charge in [0.2, 0.25) is 5.91 Å². The van der Waals surface area contributed by atoms with Crippen LogP contribution in [-0.4, -0.2) is 60.7 Å². The SMILES string of the molecule is CC(=O)Nc1ccc(N2C(=O)C(c3cccs3)=C(N(C)C3CCN(C)CC3)C2=O)cc1. The van der Waals surface area contributed by atoms with E-state index in [1.54, 1.807) is 24.3 Å². The number of imide groups is 1. The van der Waals surface area contributed by atoms with Crippen molar-refractivity contribution in [3.8, 4) is 0 Å². The number of piperidine rings is 1. The van der Waals surface area contributed by atoms with Gasteiger partial charge >= 0.3 is 0 Å². The predicted molar refractivity (Wildman–Crippen MR) is 123 cm³/mol. The number of thiophene rings is 1. The number of amides is 3. The maximum absolute atomic E-state index is 13.6. The molecule has 1 N–H and O–H groups in total. The lowest BCUT2D eigenvalue weighted by Gasteiger charge is -2.36. The summed E-state index contributed by atoms with van der Waals surface area (Å²) in [6, 6.07) is 10.7. The zero-order valence-corrected chi connectivity index (χ0v) is 18.7. The quantitative estimate of drug-likeness (QED) is 0.727. The van der Waals surface area contributed by atoms with Crippen LogP contribution in [0.1, 0.15) is 24.6 Å². The molecular formula is C23H26N4O3S. The number of nitrogens with one attached hydrogen (secondary N) is 1. The van der Waals surface area contributed by atoms with Gasteiger partial charge in [-0.15, -0.1) is 11.3 Å². The highest BCUT2D eigenvalue weighted by molar-refractivity contribution is 7.11. The molecule has 0 atom stereocenters. The van der Waals surface area contributed by atoms with Crippen molar-refractivity contribution in [2.45, 2.75) is 25.8 Å². The fourth-order valence-corrected chi connectivity index (χ4v) is 4.95. The first-order chi connectivity index (χ1) is 14.9. The fraction of sp³-hybridized carbons (Fsp3) is 0.348. The number of anilines is 2. The van der Waals surface area contributed by atoms with Gasteiger partial charge in [0, 0.05) is 30.6 Å². The summed E-state index contributed by atoms with van der Waals surface area (Å²) in [4.78, 5) is 44.6. The Morgan fingerprint density at radius 3 is 2.35 bits per heavy atom. The van der Waals surface area contributed by atoms with Crippen LogP contribution in [0.5, 0.6) is 0 Å². The monoisotopic (exact) mass is 438 g/mol. The number of nitrogens with zero attached hydrogens (tertiary/aromatic N) is 3. The third-order valence-corrected chi connectivity index (χ3v) is 6.75. The lowest BCUT2D eigenvalue weighted by atomic mass is 10.0. The molecule has 4 rings (SSSR count). The standard InChI is InChI=1S/C23H26N4O3S/c1-15(28)24-16-6-8-18(9-7-16)27-22(29)20(19-5-4-14-31-19)21(23(27)30)26(3)17-10-12-25(2)13-11-17/h4-9,14,17H,10-13H2,1-3H3,(H,24,28). The summed E-state index contributed by atoms with van der Waals surface area (Å²) in [7, 11) is 4.02.